The third-order valence-electron chi connectivity index (χ3n) is 1.33. The number of fused-ring (bicyclic) bond motifs is 1. The van der Waals surface area contributed by atoms with E-state index in [9.17, 15) is 0 Å². The zero-order chi connectivity index (χ0) is 7.84. The van der Waals surface area contributed by atoms with E-state index in [1.165, 1.54) is 6.33 Å². The van der Waals surface area contributed by atoms with Crippen LogP contribution in [0.3, 0.4) is 0 Å². The summed E-state index contributed by atoms with van der Waals surface area (Å²) < 4.78 is 0. The second kappa shape index (κ2) is 2.82. The molecule has 0 aliphatic carbocycles. The number of aromatic nitrogens is 4. The quantitative estimate of drug-likeness (QED) is 0.534. The van der Waals surface area contributed by atoms with Crippen LogP contribution in [0.15, 0.2) is 6.33 Å². The largest absolute Gasteiger partial charge is 0.382 e. The fourth-order valence-electron chi connectivity index (χ4n) is 0.873. The number of H-pyrrole nitrogens is 1. The van der Waals surface area contributed by atoms with Crippen LogP contribution in [0, 0.1) is 0 Å². The maximum Gasteiger partial charge on any atom is 0.224 e. The van der Waals surface area contributed by atoms with Gasteiger partial charge in [0.05, 0.1) is 6.33 Å². The molecule has 0 spiro atoms. The van der Waals surface area contributed by atoms with Gasteiger partial charge in [-0.15, -0.1) is 12.4 Å². The molecule has 0 bridgehead atoms. The van der Waals surface area contributed by atoms with E-state index in [2.05, 4.69) is 19.9 Å². The SMILES string of the molecule is Cl.Nc1nc(N)c2[nH]cnc2n1. The van der Waals surface area contributed by atoms with Crippen molar-refractivity contribution in [3.05, 3.63) is 6.33 Å². The summed E-state index contributed by atoms with van der Waals surface area (Å²) in [6.45, 7) is 0. The van der Waals surface area contributed by atoms with Crippen molar-refractivity contribution in [2.45, 2.75) is 0 Å². The fourth-order valence-corrected chi connectivity index (χ4v) is 0.873. The molecule has 2 aromatic heterocycles. The molecule has 0 aliphatic heterocycles. The fraction of sp³-hybridized carbons (Fsp3) is 0. The molecule has 2 rings (SSSR count). The molecular weight excluding hydrogens is 180 g/mol. The van der Waals surface area contributed by atoms with Crippen molar-refractivity contribution < 1.29 is 0 Å². The first kappa shape index (κ1) is 8.54. The van der Waals surface area contributed by atoms with E-state index < -0.39 is 0 Å². The third-order valence-corrected chi connectivity index (χ3v) is 1.33. The van der Waals surface area contributed by atoms with Gasteiger partial charge in [-0.3, -0.25) is 0 Å². The lowest BCUT2D eigenvalue weighted by atomic mass is 10.5. The average molecular weight is 187 g/mol. The van der Waals surface area contributed by atoms with E-state index >= 15 is 0 Å². The maximum absolute atomic E-state index is 5.50. The van der Waals surface area contributed by atoms with E-state index in [1.54, 1.807) is 0 Å². The van der Waals surface area contributed by atoms with Crippen LogP contribution in [-0.4, -0.2) is 19.9 Å². The molecule has 6 nitrogen and oxygen atoms in total. The van der Waals surface area contributed by atoms with Gasteiger partial charge >= 0.3 is 0 Å². The number of halogens is 1. The molecular formula is C5H7ClN6. The number of aromatic amines is 1. The van der Waals surface area contributed by atoms with E-state index in [1.807, 2.05) is 0 Å². The minimum atomic E-state index is 0. The Kier molecular flexibility index (Phi) is 2.01. The number of nitrogens with two attached hydrogens (primary N) is 2. The summed E-state index contributed by atoms with van der Waals surface area (Å²) in [5, 5.41) is 0. The van der Waals surface area contributed by atoms with Crippen LogP contribution in [0.25, 0.3) is 11.2 Å². The Balaban J connectivity index is 0.000000720. The van der Waals surface area contributed by atoms with Gasteiger partial charge in [-0.05, 0) is 0 Å². The Morgan fingerprint density at radius 1 is 1.25 bits per heavy atom. The molecule has 0 amide bonds. The predicted molar refractivity (Wildman–Crippen MR) is 47.8 cm³/mol. The first-order chi connectivity index (χ1) is 5.27. The Bertz CT molecular complexity index is 396. The molecule has 12 heavy (non-hydrogen) atoms. The number of anilines is 2. The van der Waals surface area contributed by atoms with E-state index in [0.717, 1.165) is 0 Å². The Hall–Kier alpha value is -1.56. The van der Waals surface area contributed by atoms with Gasteiger partial charge in [0.15, 0.2) is 11.5 Å². The molecule has 7 heteroatoms. The van der Waals surface area contributed by atoms with E-state index in [4.69, 9.17) is 11.5 Å². The number of hydrogen-bond acceptors (Lipinski definition) is 5. The van der Waals surface area contributed by atoms with Crippen molar-refractivity contribution in [2.24, 2.45) is 0 Å². The number of nitrogens with one attached hydrogen (secondary N) is 1. The highest BCUT2D eigenvalue weighted by molar-refractivity contribution is 5.85. The first-order valence-electron chi connectivity index (χ1n) is 2.99. The smallest absolute Gasteiger partial charge is 0.224 e. The molecule has 64 valence electrons. The third kappa shape index (κ3) is 1.12. The van der Waals surface area contributed by atoms with Gasteiger partial charge in [0.1, 0.15) is 5.52 Å². The Labute approximate surface area is 73.8 Å². The van der Waals surface area contributed by atoms with Crippen LogP contribution in [0.5, 0.6) is 0 Å². The van der Waals surface area contributed by atoms with Crippen molar-refractivity contribution in [2.75, 3.05) is 11.5 Å². The summed E-state index contributed by atoms with van der Waals surface area (Å²) in [6.07, 6.45) is 1.50. The average Bonchev–Trinajstić information content (AvgIpc) is 2.34. The first-order valence-corrected chi connectivity index (χ1v) is 2.99. The van der Waals surface area contributed by atoms with Crippen molar-refractivity contribution in [3.8, 4) is 0 Å². The molecule has 0 aliphatic rings. The standard InChI is InChI=1S/C5H6N6.ClH/c6-3-2-4(9-1-8-2)11-5(7)10-3;/h1H,(H5,6,7,8,9,10,11);1H. The second-order valence-electron chi connectivity index (χ2n) is 2.07. The zero-order valence-corrected chi connectivity index (χ0v) is 6.80. The molecule has 5 N–H and O–H groups in total. The number of nitrogens with zero attached hydrogens (tertiary/aromatic N) is 3. The highest BCUT2D eigenvalue weighted by Gasteiger charge is 2.03. The van der Waals surface area contributed by atoms with Crippen molar-refractivity contribution >= 4 is 35.3 Å². The second-order valence-corrected chi connectivity index (χ2v) is 2.07. The number of hydrogen-bond donors (Lipinski definition) is 3. The monoisotopic (exact) mass is 186 g/mol. The van der Waals surface area contributed by atoms with Crippen LogP contribution in [-0.2, 0) is 0 Å². The Morgan fingerprint density at radius 2 is 2.00 bits per heavy atom. The van der Waals surface area contributed by atoms with Crippen LogP contribution < -0.4 is 11.5 Å². The normalized spacial score (nSPS) is 9.67. The highest BCUT2D eigenvalue weighted by Crippen LogP contribution is 2.12. The van der Waals surface area contributed by atoms with Crippen LogP contribution in [0.1, 0.15) is 0 Å². The number of nitrogen functional groups attached to an aromatic ring is 2. The molecule has 0 saturated carbocycles. The summed E-state index contributed by atoms with van der Waals surface area (Å²) in [5.74, 6) is 0.465. The predicted octanol–water partition coefficient (Wildman–Crippen LogP) is -0.0609. The summed E-state index contributed by atoms with van der Waals surface area (Å²) >= 11 is 0. The molecule has 2 aromatic rings. The van der Waals surface area contributed by atoms with Crippen molar-refractivity contribution in [3.63, 3.8) is 0 Å². The van der Waals surface area contributed by atoms with Crippen molar-refractivity contribution in [1.82, 2.24) is 19.9 Å². The summed E-state index contributed by atoms with van der Waals surface area (Å²) in [5.41, 5.74) is 11.9. The van der Waals surface area contributed by atoms with E-state index in [-0.39, 0.29) is 18.4 Å². The molecule has 2 heterocycles. The molecule has 0 radical (unpaired) electrons. The van der Waals surface area contributed by atoms with Gasteiger partial charge in [0.2, 0.25) is 5.95 Å². The topological polar surface area (TPSA) is 106 Å². The van der Waals surface area contributed by atoms with Gasteiger partial charge in [0.25, 0.3) is 0 Å². The number of imidazole rings is 1. The summed E-state index contributed by atoms with van der Waals surface area (Å²) in [7, 11) is 0. The minimum Gasteiger partial charge on any atom is -0.382 e. The highest BCUT2D eigenvalue weighted by atomic mass is 35.5. The van der Waals surface area contributed by atoms with Crippen LogP contribution in [0.2, 0.25) is 0 Å². The molecule has 0 unspecified atom stereocenters. The van der Waals surface area contributed by atoms with Gasteiger partial charge in [-0.2, -0.15) is 9.97 Å². The molecule has 0 saturated heterocycles. The lowest BCUT2D eigenvalue weighted by Crippen LogP contribution is -1.99. The number of rotatable bonds is 0. The van der Waals surface area contributed by atoms with Gasteiger partial charge in [-0.25, -0.2) is 4.98 Å². The van der Waals surface area contributed by atoms with Crippen LogP contribution in [0.4, 0.5) is 11.8 Å². The Morgan fingerprint density at radius 3 is 2.75 bits per heavy atom. The minimum absolute atomic E-state index is 0. The molecule has 0 fully saturated rings. The lowest BCUT2D eigenvalue weighted by molar-refractivity contribution is 1.22. The maximum atomic E-state index is 5.50. The van der Waals surface area contributed by atoms with Gasteiger partial charge in [-0.1, -0.05) is 0 Å². The van der Waals surface area contributed by atoms with Gasteiger partial charge in [0, 0.05) is 0 Å². The van der Waals surface area contributed by atoms with Crippen molar-refractivity contribution in [1.29, 1.82) is 0 Å². The van der Waals surface area contributed by atoms with Gasteiger partial charge < -0.3 is 16.5 Å². The molecule has 0 aromatic carbocycles. The molecule has 0 atom stereocenters. The summed E-state index contributed by atoms with van der Waals surface area (Å²) in [6, 6.07) is 0. The van der Waals surface area contributed by atoms with Crippen LogP contribution >= 0.6 is 12.4 Å². The van der Waals surface area contributed by atoms with E-state index in [0.29, 0.717) is 17.0 Å². The zero-order valence-electron chi connectivity index (χ0n) is 5.98. The lowest BCUT2D eigenvalue weighted by Gasteiger charge is -1.94. The summed E-state index contributed by atoms with van der Waals surface area (Å²) in [4.78, 5) is 14.3.